The lowest BCUT2D eigenvalue weighted by atomic mass is 9.90. The summed E-state index contributed by atoms with van der Waals surface area (Å²) in [5.74, 6) is 0.963. The fraction of sp³-hybridized carbons (Fsp3) is 0.533. The van der Waals surface area contributed by atoms with E-state index in [2.05, 4.69) is 47.3 Å². The van der Waals surface area contributed by atoms with Crippen molar-refractivity contribution in [2.75, 3.05) is 13.1 Å². The molecule has 0 saturated carbocycles. The molecule has 19 heavy (non-hydrogen) atoms. The molecule has 0 aliphatic rings. The Morgan fingerprint density at radius 3 is 2.89 bits per heavy atom. The van der Waals surface area contributed by atoms with Gasteiger partial charge < -0.3 is 16.0 Å². The first-order valence-electron chi connectivity index (χ1n) is 6.86. The lowest BCUT2D eigenvalue weighted by molar-refractivity contribution is 0.339. The Labute approximate surface area is 114 Å². The van der Waals surface area contributed by atoms with E-state index in [0.29, 0.717) is 0 Å². The van der Waals surface area contributed by atoms with Gasteiger partial charge in [0.2, 0.25) is 0 Å². The maximum absolute atomic E-state index is 5.73. The van der Waals surface area contributed by atoms with Crippen LogP contribution in [0.2, 0.25) is 0 Å². The van der Waals surface area contributed by atoms with Crippen LogP contribution in [0, 0.1) is 12.3 Å². The summed E-state index contributed by atoms with van der Waals surface area (Å²) in [6, 6.07) is 6.36. The van der Waals surface area contributed by atoms with Gasteiger partial charge in [0.05, 0.1) is 11.0 Å². The molecule has 0 spiro atoms. The molecule has 1 aromatic heterocycles. The second-order valence-corrected chi connectivity index (χ2v) is 5.97. The van der Waals surface area contributed by atoms with Crippen LogP contribution in [0.15, 0.2) is 18.2 Å². The minimum atomic E-state index is 0.220. The van der Waals surface area contributed by atoms with Crippen molar-refractivity contribution in [2.24, 2.45) is 11.1 Å². The van der Waals surface area contributed by atoms with Gasteiger partial charge in [0.25, 0.3) is 0 Å². The molecule has 1 aromatic carbocycles. The van der Waals surface area contributed by atoms with E-state index >= 15 is 0 Å². The third-order valence-electron chi connectivity index (χ3n) is 3.52. The molecule has 0 aliphatic heterocycles. The Hall–Kier alpha value is -1.39. The molecule has 0 saturated heterocycles. The van der Waals surface area contributed by atoms with Crippen LogP contribution in [0.25, 0.3) is 11.0 Å². The van der Waals surface area contributed by atoms with Crippen molar-refractivity contribution in [2.45, 2.75) is 33.7 Å². The number of aryl methyl sites for hydroxylation is 1. The van der Waals surface area contributed by atoms with Gasteiger partial charge in [-0.25, -0.2) is 4.98 Å². The average molecular weight is 260 g/mol. The number of aromatic nitrogens is 2. The van der Waals surface area contributed by atoms with Gasteiger partial charge >= 0.3 is 0 Å². The van der Waals surface area contributed by atoms with Crippen molar-refractivity contribution in [3.63, 3.8) is 0 Å². The Morgan fingerprint density at radius 1 is 1.37 bits per heavy atom. The summed E-state index contributed by atoms with van der Waals surface area (Å²) in [6.07, 6.45) is 1.09. The Bertz CT molecular complexity index is 542. The second kappa shape index (κ2) is 5.72. The lowest BCUT2D eigenvalue weighted by Crippen LogP contribution is -2.28. The summed E-state index contributed by atoms with van der Waals surface area (Å²) in [6.45, 7) is 8.99. The summed E-state index contributed by atoms with van der Waals surface area (Å²) in [5, 5.41) is 3.47. The number of benzene rings is 1. The molecule has 0 amide bonds. The zero-order chi connectivity index (χ0) is 13.9. The Morgan fingerprint density at radius 2 is 2.16 bits per heavy atom. The van der Waals surface area contributed by atoms with E-state index < -0.39 is 0 Å². The van der Waals surface area contributed by atoms with Crippen LogP contribution < -0.4 is 11.1 Å². The van der Waals surface area contributed by atoms with Crippen LogP contribution in [0.1, 0.15) is 31.7 Å². The summed E-state index contributed by atoms with van der Waals surface area (Å²) < 4.78 is 0. The first-order chi connectivity index (χ1) is 9.00. The fourth-order valence-corrected chi connectivity index (χ4v) is 2.06. The van der Waals surface area contributed by atoms with Crippen LogP contribution in [-0.4, -0.2) is 23.1 Å². The average Bonchev–Trinajstić information content (AvgIpc) is 2.74. The number of rotatable bonds is 6. The highest BCUT2D eigenvalue weighted by molar-refractivity contribution is 5.75. The van der Waals surface area contributed by atoms with Gasteiger partial charge in [-0.3, -0.25) is 0 Å². The molecule has 4 N–H and O–H groups in total. The fourth-order valence-electron chi connectivity index (χ4n) is 2.06. The standard InChI is InChI=1S/C15H24N4/c1-11-18-13-5-4-12(8-14(13)19-11)9-17-7-6-15(2,3)10-16/h4-5,8,17H,6-7,9-10,16H2,1-3H3,(H,18,19). The first kappa shape index (κ1) is 14.0. The number of imidazole rings is 1. The Balaban J connectivity index is 1.88. The molecule has 0 bridgehead atoms. The number of nitrogens with zero attached hydrogens (tertiary/aromatic N) is 1. The summed E-state index contributed by atoms with van der Waals surface area (Å²) in [7, 11) is 0. The van der Waals surface area contributed by atoms with Gasteiger partial charge in [-0.2, -0.15) is 0 Å². The van der Waals surface area contributed by atoms with Crippen molar-refractivity contribution in [3.8, 4) is 0 Å². The monoisotopic (exact) mass is 260 g/mol. The molecule has 2 rings (SSSR count). The highest BCUT2D eigenvalue weighted by atomic mass is 14.9. The van der Waals surface area contributed by atoms with Gasteiger partial charge in [-0.1, -0.05) is 19.9 Å². The van der Waals surface area contributed by atoms with E-state index in [1.54, 1.807) is 0 Å². The number of H-pyrrole nitrogens is 1. The smallest absolute Gasteiger partial charge is 0.104 e. The minimum Gasteiger partial charge on any atom is -0.342 e. The van der Waals surface area contributed by atoms with Crippen LogP contribution in [0.3, 0.4) is 0 Å². The normalized spacial score (nSPS) is 12.2. The Kier molecular flexibility index (Phi) is 4.22. The molecule has 0 aliphatic carbocycles. The summed E-state index contributed by atoms with van der Waals surface area (Å²) >= 11 is 0. The van der Waals surface area contributed by atoms with E-state index in [4.69, 9.17) is 5.73 Å². The highest BCUT2D eigenvalue weighted by Crippen LogP contribution is 2.17. The second-order valence-electron chi connectivity index (χ2n) is 5.97. The van der Waals surface area contributed by atoms with Gasteiger partial charge in [-0.05, 0) is 49.5 Å². The molecule has 4 heteroatoms. The number of nitrogens with two attached hydrogens (primary N) is 1. The van der Waals surface area contributed by atoms with Crippen molar-refractivity contribution >= 4 is 11.0 Å². The van der Waals surface area contributed by atoms with Crippen LogP contribution >= 0.6 is 0 Å². The minimum absolute atomic E-state index is 0.220. The molecule has 0 unspecified atom stereocenters. The maximum atomic E-state index is 5.73. The van der Waals surface area contributed by atoms with E-state index in [0.717, 1.165) is 42.9 Å². The van der Waals surface area contributed by atoms with Crippen molar-refractivity contribution < 1.29 is 0 Å². The summed E-state index contributed by atoms with van der Waals surface area (Å²) in [5.41, 5.74) is 9.37. The van der Waals surface area contributed by atoms with Crippen LogP contribution in [0.4, 0.5) is 0 Å². The molecule has 0 atom stereocenters. The van der Waals surface area contributed by atoms with Gasteiger partial charge in [0.1, 0.15) is 5.82 Å². The zero-order valence-electron chi connectivity index (χ0n) is 12.1. The predicted octanol–water partition coefficient (Wildman–Crippen LogP) is 2.34. The van der Waals surface area contributed by atoms with Gasteiger partial charge in [0, 0.05) is 6.54 Å². The SMILES string of the molecule is Cc1nc2ccc(CNCCC(C)(C)CN)cc2[nH]1. The lowest BCUT2D eigenvalue weighted by Gasteiger charge is -2.22. The molecule has 104 valence electrons. The molecule has 2 aromatic rings. The van der Waals surface area contributed by atoms with Gasteiger partial charge in [0.15, 0.2) is 0 Å². The highest BCUT2D eigenvalue weighted by Gasteiger charge is 2.14. The third kappa shape index (κ3) is 3.78. The summed E-state index contributed by atoms with van der Waals surface area (Å²) in [4.78, 5) is 7.67. The largest absolute Gasteiger partial charge is 0.342 e. The van der Waals surface area contributed by atoms with E-state index in [-0.39, 0.29) is 5.41 Å². The number of aromatic amines is 1. The van der Waals surface area contributed by atoms with Crippen LogP contribution in [0.5, 0.6) is 0 Å². The topological polar surface area (TPSA) is 66.7 Å². The maximum Gasteiger partial charge on any atom is 0.104 e. The van der Waals surface area contributed by atoms with E-state index in [1.807, 2.05) is 6.92 Å². The van der Waals surface area contributed by atoms with Crippen molar-refractivity contribution in [1.29, 1.82) is 0 Å². The zero-order valence-corrected chi connectivity index (χ0v) is 12.1. The third-order valence-corrected chi connectivity index (χ3v) is 3.52. The van der Waals surface area contributed by atoms with Crippen LogP contribution in [-0.2, 0) is 6.54 Å². The first-order valence-corrected chi connectivity index (χ1v) is 6.86. The van der Waals surface area contributed by atoms with Crippen molar-refractivity contribution in [1.82, 2.24) is 15.3 Å². The predicted molar refractivity (Wildman–Crippen MR) is 80.0 cm³/mol. The van der Waals surface area contributed by atoms with E-state index in [1.165, 1.54) is 5.56 Å². The van der Waals surface area contributed by atoms with Crippen molar-refractivity contribution in [3.05, 3.63) is 29.6 Å². The number of hydrogen-bond acceptors (Lipinski definition) is 3. The van der Waals surface area contributed by atoms with Gasteiger partial charge in [-0.15, -0.1) is 0 Å². The number of nitrogens with one attached hydrogen (secondary N) is 2. The molecule has 0 fully saturated rings. The molecular weight excluding hydrogens is 236 g/mol. The molecular formula is C15H24N4. The molecule has 4 nitrogen and oxygen atoms in total. The quantitative estimate of drug-likeness (QED) is 0.698. The number of fused-ring (bicyclic) bond motifs is 1. The number of hydrogen-bond donors (Lipinski definition) is 3. The molecule has 1 heterocycles. The molecule has 0 radical (unpaired) electrons. The van der Waals surface area contributed by atoms with E-state index in [9.17, 15) is 0 Å².